The van der Waals surface area contributed by atoms with E-state index in [0.717, 1.165) is 25.7 Å². The first-order valence-electron chi connectivity index (χ1n) is 5.83. The normalized spacial score (nSPS) is 66.0. The zero-order valence-corrected chi connectivity index (χ0v) is 9.15. The second-order valence-electron chi connectivity index (χ2n) is 6.63. The van der Waals surface area contributed by atoms with Crippen molar-refractivity contribution in [1.82, 2.24) is 0 Å². The van der Waals surface area contributed by atoms with Gasteiger partial charge in [-0.15, -0.1) is 0 Å². The highest BCUT2D eigenvalue weighted by Crippen LogP contribution is 2.65. The van der Waals surface area contributed by atoms with Crippen LogP contribution in [0.15, 0.2) is 0 Å². The van der Waals surface area contributed by atoms with Crippen LogP contribution in [-0.4, -0.2) is 11.2 Å². The van der Waals surface area contributed by atoms with Crippen LogP contribution in [-0.2, 0) is 0 Å². The molecule has 0 aromatic heterocycles. The van der Waals surface area contributed by atoms with Gasteiger partial charge in [0.2, 0.25) is 0 Å². The van der Waals surface area contributed by atoms with E-state index in [4.69, 9.17) is 5.73 Å². The Labute approximate surface area is 85.2 Å². The lowest BCUT2D eigenvalue weighted by molar-refractivity contribution is -0.164. The Bertz CT molecular complexity index is 268. The molecule has 5 unspecified atom stereocenters. The van der Waals surface area contributed by atoms with E-state index in [9.17, 15) is 4.39 Å². The Kier molecular flexibility index (Phi) is 1.43. The van der Waals surface area contributed by atoms with Crippen molar-refractivity contribution >= 4 is 0 Å². The topological polar surface area (TPSA) is 26.0 Å². The van der Waals surface area contributed by atoms with E-state index in [1.165, 1.54) is 6.42 Å². The highest BCUT2D eigenvalue weighted by atomic mass is 18.2. The summed E-state index contributed by atoms with van der Waals surface area (Å²) in [5, 5.41) is 0. The van der Waals surface area contributed by atoms with Crippen molar-refractivity contribution in [1.29, 1.82) is 0 Å². The molecule has 0 aromatic rings. The molecule has 4 fully saturated rings. The van der Waals surface area contributed by atoms with Crippen molar-refractivity contribution in [3.05, 3.63) is 0 Å². The first kappa shape index (κ1) is 9.14. The van der Waals surface area contributed by atoms with Crippen LogP contribution < -0.4 is 5.73 Å². The highest BCUT2D eigenvalue weighted by molar-refractivity contribution is 5.18. The summed E-state index contributed by atoms with van der Waals surface area (Å²) in [6.07, 6.45) is 4.86. The van der Waals surface area contributed by atoms with Gasteiger partial charge < -0.3 is 5.73 Å². The van der Waals surface area contributed by atoms with Gasteiger partial charge in [-0.1, -0.05) is 13.8 Å². The summed E-state index contributed by atoms with van der Waals surface area (Å²) in [5.74, 6) is 0.633. The van der Waals surface area contributed by atoms with Crippen LogP contribution in [0.3, 0.4) is 0 Å². The summed E-state index contributed by atoms with van der Waals surface area (Å²) >= 11 is 0. The third-order valence-electron chi connectivity index (χ3n) is 5.19. The van der Waals surface area contributed by atoms with Gasteiger partial charge >= 0.3 is 0 Å². The molecule has 0 amide bonds. The van der Waals surface area contributed by atoms with E-state index in [0.29, 0.717) is 5.92 Å². The predicted octanol–water partition coefficient (Wildman–Crippen LogP) is 2.64. The van der Waals surface area contributed by atoms with Crippen molar-refractivity contribution in [3.8, 4) is 0 Å². The van der Waals surface area contributed by atoms with Crippen molar-refractivity contribution in [2.75, 3.05) is 0 Å². The molecular weight excluding hydrogens is 176 g/mol. The minimum Gasteiger partial charge on any atom is -0.325 e. The van der Waals surface area contributed by atoms with Gasteiger partial charge in [-0.3, -0.25) is 0 Å². The number of alkyl halides is 1. The Morgan fingerprint density at radius 3 is 2.50 bits per heavy atom. The quantitative estimate of drug-likeness (QED) is 0.633. The first-order valence-corrected chi connectivity index (χ1v) is 5.83. The van der Waals surface area contributed by atoms with E-state index in [1.807, 2.05) is 6.92 Å². The average Bonchev–Trinajstić information content (AvgIpc) is 1.95. The zero-order chi connectivity index (χ0) is 10.2. The summed E-state index contributed by atoms with van der Waals surface area (Å²) in [7, 11) is 0. The molecule has 5 atom stereocenters. The third-order valence-corrected chi connectivity index (χ3v) is 5.19. The lowest BCUT2D eigenvalue weighted by Crippen LogP contribution is -2.69. The van der Waals surface area contributed by atoms with Crippen molar-refractivity contribution in [2.24, 2.45) is 23.0 Å². The molecule has 0 saturated heterocycles. The molecule has 0 spiro atoms. The largest absolute Gasteiger partial charge is 0.325 e. The second-order valence-corrected chi connectivity index (χ2v) is 6.63. The number of nitrogens with two attached hydrogens (primary N) is 1. The van der Waals surface area contributed by atoms with Crippen LogP contribution in [0, 0.1) is 17.3 Å². The monoisotopic (exact) mass is 196 g/mol. The number of rotatable bonds is 0. The summed E-state index contributed by atoms with van der Waals surface area (Å²) in [4.78, 5) is 0. The molecule has 0 heterocycles. The molecule has 4 rings (SSSR count). The fraction of sp³-hybridized carbons (Fsp3) is 1.00. The smallest absolute Gasteiger partial charge is 0.116 e. The van der Waals surface area contributed by atoms with Gasteiger partial charge in [-0.2, -0.15) is 0 Å². The lowest BCUT2D eigenvalue weighted by Gasteiger charge is -2.65. The van der Waals surface area contributed by atoms with Crippen LogP contribution in [0.4, 0.5) is 4.39 Å². The fourth-order valence-electron chi connectivity index (χ4n) is 4.96. The van der Waals surface area contributed by atoms with Crippen molar-refractivity contribution in [2.45, 2.75) is 57.2 Å². The predicted molar refractivity (Wildman–Crippen MR) is 54.6 cm³/mol. The molecule has 1 nitrogen and oxygen atoms in total. The van der Waals surface area contributed by atoms with Gasteiger partial charge in [0, 0.05) is 11.5 Å². The molecule has 0 aliphatic heterocycles. The van der Waals surface area contributed by atoms with Gasteiger partial charge in [0.1, 0.15) is 5.67 Å². The van der Waals surface area contributed by atoms with E-state index in [1.54, 1.807) is 0 Å². The second kappa shape index (κ2) is 2.18. The molecule has 4 bridgehead atoms. The SMILES string of the molecule is CC1C2(N)CC3CC(C)(C2)CC1([18F])C3. The fourth-order valence-corrected chi connectivity index (χ4v) is 4.96. The lowest BCUT2D eigenvalue weighted by atomic mass is 9.43. The van der Waals surface area contributed by atoms with Gasteiger partial charge in [-0.25, -0.2) is 4.39 Å². The van der Waals surface area contributed by atoms with E-state index < -0.39 is 5.67 Å². The highest BCUT2D eigenvalue weighted by Gasteiger charge is 2.65. The first-order chi connectivity index (χ1) is 6.35. The van der Waals surface area contributed by atoms with Crippen LogP contribution >= 0.6 is 0 Å². The summed E-state index contributed by atoms with van der Waals surface area (Å²) in [5.41, 5.74) is 5.47. The molecule has 0 aromatic carbocycles. The minimum absolute atomic E-state index is 0.0691. The van der Waals surface area contributed by atoms with Gasteiger partial charge in [-0.05, 0) is 43.4 Å². The summed E-state index contributed by atoms with van der Waals surface area (Å²) in [6.45, 7) is 4.27. The maximum Gasteiger partial charge on any atom is 0.116 e. The summed E-state index contributed by atoms with van der Waals surface area (Å²) in [6, 6.07) is 0. The number of halogens is 1. The Balaban J connectivity index is 2.07. The van der Waals surface area contributed by atoms with Gasteiger partial charge in [0.25, 0.3) is 0 Å². The molecular formula is C12H20FN. The minimum atomic E-state index is -0.942. The molecule has 80 valence electrons. The Morgan fingerprint density at radius 2 is 1.93 bits per heavy atom. The molecule has 4 aliphatic carbocycles. The van der Waals surface area contributed by atoms with Crippen LogP contribution in [0.1, 0.15) is 46.0 Å². The molecule has 14 heavy (non-hydrogen) atoms. The van der Waals surface area contributed by atoms with E-state index in [-0.39, 0.29) is 16.9 Å². The van der Waals surface area contributed by atoms with Crippen molar-refractivity contribution < 1.29 is 4.39 Å². The standard InChI is InChI=1S/C12H20FN/c1-8-11(13)4-9-3-10(2,6-11)7-12(8,14)5-9/h8-9H,3-7,14H2,1-2H3/i13-1. The third kappa shape index (κ3) is 0.932. The average molecular weight is 196 g/mol. The van der Waals surface area contributed by atoms with E-state index in [2.05, 4.69) is 6.92 Å². The van der Waals surface area contributed by atoms with Crippen LogP contribution in [0.25, 0.3) is 0 Å². The molecule has 0 radical (unpaired) electrons. The number of hydrogen-bond donors (Lipinski definition) is 1. The van der Waals surface area contributed by atoms with Crippen molar-refractivity contribution in [3.63, 3.8) is 0 Å². The Morgan fingerprint density at radius 1 is 1.21 bits per heavy atom. The van der Waals surface area contributed by atoms with Gasteiger partial charge in [0.05, 0.1) is 0 Å². The number of hydrogen-bond acceptors (Lipinski definition) is 1. The van der Waals surface area contributed by atoms with Gasteiger partial charge in [0.15, 0.2) is 0 Å². The summed E-state index contributed by atoms with van der Waals surface area (Å²) < 4.78 is 14.7. The maximum atomic E-state index is 14.7. The van der Waals surface area contributed by atoms with Crippen LogP contribution in [0.2, 0.25) is 0 Å². The van der Waals surface area contributed by atoms with Crippen LogP contribution in [0.5, 0.6) is 0 Å². The Hall–Kier alpha value is -0.110. The molecule has 2 N–H and O–H groups in total. The molecule has 4 saturated carbocycles. The molecule has 4 aliphatic rings. The maximum absolute atomic E-state index is 14.7. The molecule has 2 heteroatoms. The zero-order valence-electron chi connectivity index (χ0n) is 9.15. The van der Waals surface area contributed by atoms with E-state index >= 15 is 0 Å².